The van der Waals surface area contributed by atoms with Crippen molar-refractivity contribution in [2.24, 2.45) is 5.84 Å². The molecular weight excluding hydrogens is 324 g/mol. The lowest BCUT2D eigenvalue weighted by atomic mass is 9.99. The maximum Gasteiger partial charge on any atom is 0.0474 e. The minimum absolute atomic E-state index is 0.104. The van der Waals surface area contributed by atoms with Gasteiger partial charge in [-0.05, 0) is 36.1 Å². The van der Waals surface area contributed by atoms with Crippen LogP contribution in [0.4, 0.5) is 0 Å². The number of hydrogen-bond donors (Lipinski definition) is 2. The maximum atomic E-state index is 5.96. The van der Waals surface area contributed by atoms with Crippen LogP contribution < -0.4 is 11.3 Å². The Hall–Kier alpha value is -0.870. The Morgan fingerprint density at radius 2 is 1.89 bits per heavy atom. The summed E-state index contributed by atoms with van der Waals surface area (Å²) in [7, 11) is 0. The Morgan fingerprint density at radius 1 is 1.16 bits per heavy atom. The highest BCUT2D eigenvalue weighted by Crippen LogP contribution is 2.28. The highest BCUT2D eigenvalue weighted by Gasteiger charge is 2.13. The first-order chi connectivity index (χ1) is 9.20. The normalized spacial score (nSPS) is 12.4. The molecule has 0 aliphatic rings. The number of hydrogen-bond acceptors (Lipinski definition) is 2. The predicted molar refractivity (Wildman–Crippen MR) is 84.0 cm³/mol. The summed E-state index contributed by atoms with van der Waals surface area (Å²) in [6, 6.07) is 16.3. The second-order valence-corrected chi connectivity index (χ2v) is 5.70. The highest BCUT2D eigenvalue weighted by molar-refractivity contribution is 9.10. The van der Waals surface area contributed by atoms with Gasteiger partial charge in [0.2, 0.25) is 0 Å². The summed E-state index contributed by atoms with van der Waals surface area (Å²) in [5.41, 5.74) is 5.32. The van der Waals surface area contributed by atoms with Crippen molar-refractivity contribution in [3.8, 4) is 0 Å². The molecule has 0 saturated carbocycles. The molecule has 0 amide bonds. The average Bonchev–Trinajstić information content (AvgIpc) is 2.42. The molecule has 4 heteroatoms. The molecule has 2 aromatic carbocycles. The molecule has 2 aromatic rings. The molecule has 2 nitrogen and oxygen atoms in total. The van der Waals surface area contributed by atoms with Gasteiger partial charge < -0.3 is 0 Å². The summed E-state index contributed by atoms with van der Waals surface area (Å²) < 4.78 is 0.982. The van der Waals surface area contributed by atoms with E-state index in [0.717, 1.165) is 27.9 Å². The van der Waals surface area contributed by atoms with Gasteiger partial charge in [0.15, 0.2) is 0 Å². The molecule has 100 valence electrons. The van der Waals surface area contributed by atoms with Gasteiger partial charge in [0.1, 0.15) is 0 Å². The van der Waals surface area contributed by atoms with Gasteiger partial charge in [-0.3, -0.25) is 11.3 Å². The largest absolute Gasteiger partial charge is 0.271 e. The van der Waals surface area contributed by atoms with E-state index in [1.54, 1.807) is 0 Å². The molecule has 0 aromatic heterocycles. The second kappa shape index (κ2) is 7.06. The van der Waals surface area contributed by atoms with Crippen molar-refractivity contribution in [3.05, 3.63) is 69.2 Å². The van der Waals surface area contributed by atoms with Gasteiger partial charge in [0, 0.05) is 15.5 Å². The molecule has 0 spiro atoms. The van der Waals surface area contributed by atoms with Crippen molar-refractivity contribution >= 4 is 27.5 Å². The molecule has 3 N–H and O–H groups in total. The topological polar surface area (TPSA) is 38.0 Å². The Kier molecular flexibility index (Phi) is 5.40. The van der Waals surface area contributed by atoms with E-state index < -0.39 is 0 Å². The molecule has 0 fully saturated rings. The zero-order chi connectivity index (χ0) is 13.7. The third kappa shape index (κ3) is 4.05. The standard InChI is InChI=1S/C15H16BrClN2/c16-14-10-12(17)7-8-13(14)15(19-18)9-6-11-4-2-1-3-5-11/h1-5,7-8,10,15,19H,6,9,18H2. The van der Waals surface area contributed by atoms with Crippen LogP contribution in [0.25, 0.3) is 0 Å². The van der Waals surface area contributed by atoms with Gasteiger partial charge in [0.25, 0.3) is 0 Å². The van der Waals surface area contributed by atoms with Crippen molar-refractivity contribution < 1.29 is 0 Å². The number of rotatable bonds is 5. The monoisotopic (exact) mass is 338 g/mol. The van der Waals surface area contributed by atoms with E-state index in [-0.39, 0.29) is 6.04 Å². The van der Waals surface area contributed by atoms with Crippen LogP contribution in [0.2, 0.25) is 5.02 Å². The van der Waals surface area contributed by atoms with E-state index in [9.17, 15) is 0 Å². The molecule has 0 heterocycles. The zero-order valence-corrected chi connectivity index (χ0v) is 12.8. The zero-order valence-electron chi connectivity index (χ0n) is 10.4. The van der Waals surface area contributed by atoms with E-state index in [0.29, 0.717) is 0 Å². The Morgan fingerprint density at radius 3 is 2.53 bits per heavy atom. The van der Waals surface area contributed by atoms with Crippen LogP contribution in [-0.4, -0.2) is 0 Å². The number of nitrogens with two attached hydrogens (primary N) is 1. The Balaban J connectivity index is 2.08. The second-order valence-electron chi connectivity index (χ2n) is 4.41. The number of hydrazine groups is 1. The quantitative estimate of drug-likeness (QED) is 0.631. The van der Waals surface area contributed by atoms with Crippen LogP contribution in [0.5, 0.6) is 0 Å². The minimum atomic E-state index is 0.104. The summed E-state index contributed by atoms with van der Waals surface area (Å²) >= 11 is 9.49. The fourth-order valence-corrected chi connectivity index (χ4v) is 3.03. The van der Waals surface area contributed by atoms with Crippen molar-refractivity contribution in [2.45, 2.75) is 18.9 Å². The molecular formula is C15H16BrClN2. The number of benzene rings is 2. The van der Waals surface area contributed by atoms with Crippen LogP contribution in [0.15, 0.2) is 53.0 Å². The summed E-state index contributed by atoms with van der Waals surface area (Å²) in [5, 5.41) is 0.717. The SMILES string of the molecule is NNC(CCc1ccccc1)c1ccc(Cl)cc1Br. The van der Waals surface area contributed by atoms with Gasteiger partial charge >= 0.3 is 0 Å². The molecule has 2 rings (SSSR count). The van der Waals surface area contributed by atoms with Gasteiger partial charge in [-0.25, -0.2) is 0 Å². The number of nitrogens with one attached hydrogen (secondary N) is 1. The summed E-state index contributed by atoms with van der Waals surface area (Å²) in [5.74, 6) is 5.67. The average molecular weight is 340 g/mol. The van der Waals surface area contributed by atoms with Crippen LogP contribution in [0, 0.1) is 0 Å². The lowest BCUT2D eigenvalue weighted by Gasteiger charge is -2.18. The molecule has 19 heavy (non-hydrogen) atoms. The summed E-state index contributed by atoms with van der Waals surface area (Å²) in [4.78, 5) is 0. The first kappa shape index (κ1) is 14.5. The van der Waals surface area contributed by atoms with Crippen molar-refractivity contribution in [1.29, 1.82) is 0 Å². The van der Waals surface area contributed by atoms with E-state index in [4.69, 9.17) is 17.4 Å². The van der Waals surface area contributed by atoms with E-state index in [1.807, 2.05) is 24.3 Å². The van der Waals surface area contributed by atoms with E-state index in [1.165, 1.54) is 5.56 Å². The minimum Gasteiger partial charge on any atom is -0.271 e. The third-order valence-corrected chi connectivity index (χ3v) is 4.03. The molecule has 0 radical (unpaired) electrons. The first-order valence-electron chi connectivity index (χ1n) is 6.15. The molecule has 1 atom stereocenters. The smallest absolute Gasteiger partial charge is 0.0474 e. The van der Waals surface area contributed by atoms with Crippen LogP contribution in [0.3, 0.4) is 0 Å². The van der Waals surface area contributed by atoms with Gasteiger partial charge in [0.05, 0.1) is 0 Å². The maximum absolute atomic E-state index is 5.96. The van der Waals surface area contributed by atoms with Crippen LogP contribution >= 0.6 is 27.5 Å². The molecule has 0 saturated heterocycles. The van der Waals surface area contributed by atoms with Crippen molar-refractivity contribution in [2.75, 3.05) is 0 Å². The van der Waals surface area contributed by atoms with Gasteiger partial charge in [-0.1, -0.05) is 63.9 Å². The van der Waals surface area contributed by atoms with Gasteiger partial charge in [-0.2, -0.15) is 0 Å². The molecule has 1 unspecified atom stereocenters. The van der Waals surface area contributed by atoms with E-state index in [2.05, 4.69) is 45.6 Å². The van der Waals surface area contributed by atoms with Crippen molar-refractivity contribution in [1.82, 2.24) is 5.43 Å². The van der Waals surface area contributed by atoms with Crippen LogP contribution in [-0.2, 0) is 6.42 Å². The lowest BCUT2D eigenvalue weighted by molar-refractivity contribution is 0.514. The van der Waals surface area contributed by atoms with Crippen molar-refractivity contribution in [3.63, 3.8) is 0 Å². The third-order valence-electron chi connectivity index (χ3n) is 3.10. The lowest BCUT2D eigenvalue weighted by Crippen LogP contribution is -2.28. The molecule has 0 aliphatic carbocycles. The fourth-order valence-electron chi connectivity index (χ4n) is 2.07. The number of aryl methyl sites for hydroxylation is 1. The van der Waals surface area contributed by atoms with Gasteiger partial charge in [-0.15, -0.1) is 0 Å². The number of halogens is 2. The summed E-state index contributed by atoms with van der Waals surface area (Å²) in [6.07, 6.45) is 1.91. The fraction of sp³-hybridized carbons (Fsp3) is 0.200. The van der Waals surface area contributed by atoms with Crippen LogP contribution in [0.1, 0.15) is 23.6 Å². The van der Waals surface area contributed by atoms with E-state index >= 15 is 0 Å². The predicted octanol–water partition coefficient (Wildman–Crippen LogP) is 4.24. The molecule has 0 aliphatic heterocycles. The first-order valence-corrected chi connectivity index (χ1v) is 7.33. The summed E-state index contributed by atoms with van der Waals surface area (Å²) in [6.45, 7) is 0. The Labute approximate surface area is 127 Å². The molecule has 0 bridgehead atoms. The Bertz CT molecular complexity index is 531. The highest BCUT2D eigenvalue weighted by atomic mass is 79.9.